The van der Waals surface area contributed by atoms with Crippen molar-refractivity contribution < 1.29 is 9.47 Å². The van der Waals surface area contributed by atoms with E-state index in [0.29, 0.717) is 12.5 Å². The molecule has 0 aliphatic carbocycles. The fraction of sp³-hybridized carbons (Fsp3) is 0.375. The zero-order valence-corrected chi connectivity index (χ0v) is 23.4. The molecule has 6 heteroatoms. The summed E-state index contributed by atoms with van der Waals surface area (Å²) >= 11 is 0. The highest BCUT2D eigenvalue weighted by Crippen LogP contribution is 2.37. The van der Waals surface area contributed by atoms with Crippen LogP contribution < -0.4 is 14.5 Å². The van der Waals surface area contributed by atoms with Crippen LogP contribution in [0.4, 0.5) is 11.5 Å². The van der Waals surface area contributed by atoms with E-state index in [-0.39, 0.29) is 0 Å². The van der Waals surface area contributed by atoms with Crippen molar-refractivity contribution in [2.24, 2.45) is 0 Å². The predicted molar refractivity (Wildman–Crippen MR) is 159 cm³/mol. The Morgan fingerprint density at radius 2 is 1.61 bits per heavy atom. The fourth-order valence-electron chi connectivity index (χ4n) is 5.06. The molecule has 0 N–H and O–H groups in total. The van der Waals surface area contributed by atoms with Gasteiger partial charge in [0.25, 0.3) is 0 Å². The van der Waals surface area contributed by atoms with Gasteiger partial charge in [0.05, 0.1) is 19.2 Å². The van der Waals surface area contributed by atoms with Crippen molar-refractivity contribution in [3.63, 3.8) is 0 Å². The van der Waals surface area contributed by atoms with Crippen molar-refractivity contribution in [1.29, 1.82) is 0 Å². The van der Waals surface area contributed by atoms with Gasteiger partial charge in [0, 0.05) is 50.4 Å². The van der Waals surface area contributed by atoms with Gasteiger partial charge in [-0.3, -0.25) is 0 Å². The maximum atomic E-state index is 5.65. The molecule has 5 rings (SSSR count). The SMILES string of the molecule is CC.COCCN(C)c1ccc2nc(-c3ccccc3)nc(N3CCC(c4ccccc4OC)CC3)c2c1. The van der Waals surface area contributed by atoms with Crippen LogP contribution >= 0.6 is 0 Å². The highest BCUT2D eigenvalue weighted by atomic mass is 16.5. The summed E-state index contributed by atoms with van der Waals surface area (Å²) in [7, 11) is 5.59. The second-order valence-corrected chi connectivity index (χ2v) is 9.36. The van der Waals surface area contributed by atoms with Gasteiger partial charge in [-0.2, -0.15) is 0 Å². The minimum absolute atomic E-state index is 0.481. The third kappa shape index (κ3) is 6.08. The van der Waals surface area contributed by atoms with Crippen molar-refractivity contribution in [3.8, 4) is 17.1 Å². The summed E-state index contributed by atoms with van der Waals surface area (Å²) in [5, 5.41) is 1.09. The summed E-state index contributed by atoms with van der Waals surface area (Å²) in [4.78, 5) is 14.7. The average molecular weight is 513 g/mol. The minimum Gasteiger partial charge on any atom is -0.496 e. The molecule has 1 aliphatic rings. The number of hydrogen-bond acceptors (Lipinski definition) is 6. The zero-order valence-electron chi connectivity index (χ0n) is 23.4. The highest BCUT2D eigenvalue weighted by Gasteiger charge is 2.25. The van der Waals surface area contributed by atoms with Crippen LogP contribution in [-0.2, 0) is 4.74 Å². The van der Waals surface area contributed by atoms with E-state index in [1.54, 1.807) is 14.2 Å². The van der Waals surface area contributed by atoms with Crippen molar-refractivity contribution in [3.05, 3.63) is 78.4 Å². The lowest BCUT2D eigenvalue weighted by atomic mass is 9.88. The van der Waals surface area contributed by atoms with Crippen molar-refractivity contribution in [1.82, 2.24) is 9.97 Å². The van der Waals surface area contributed by atoms with Gasteiger partial charge in [-0.05, 0) is 48.6 Å². The molecule has 0 amide bonds. The summed E-state index contributed by atoms with van der Waals surface area (Å²) in [6.07, 6.45) is 2.11. The smallest absolute Gasteiger partial charge is 0.162 e. The lowest BCUT2D eigenvalue weighted by Gasteiger charge is -2.34. The van der Waals surface area contributed by atoms with E-state index in [4.69, 9.17) is 19.4 Å². The Kier molecular flexibility index (Phi) is 9.55. The molecule has 4 aromatic rings. The van der Waals surface area contributed by atoms with E-state index in [9.17, 15) is 0 Å². The van der Waals surface area contributed by atoms with Crippen molar-refractivity contribution in [2.75, 3.05) is 57.3 Å². The Labute approximate surface area is 227 Å². The van der Waals surface area contributed by atoms with Crippen LogP contribution in [0.2, 0.25) is 0 Å². The van der Waals surface area contributed by atoms with Gasteiger partial charge in [0.2, 0.25) is 0 Å². The number of hydrogen-bond donors (Lipinski definition) is 0. The van der Waals surface area contributed by atoms with Crippen molar-refractivity contribution >= 4 is 22.4 Å². The number of benzene rings is 3. The Morgan fingerprint density at radius 3 is 2.32 bits per heavy atom. The third-order valence-corrected chi connectivity index (χ3v) is 7.14. The van der Waals surface area contributed by atoms with Crippen molar-refractivity contribution in [2.45, 2.75) is 32.6 Å². The predicted octanol–water partition coefficient (Wildman–Crippen LogP) is 6.80. The number of ether oxygens (including phenoxy) is 2. The van der Waals surface area contributed by atoms with Gasteiger partial charge in [0.15, 0.2) is 5.82 Å². The van der Waals surface area contributed by atoms with Crippen LogP contribution in [0, 0.1) is 0 Å². The molecule has 1 aromatic heterocycles. The number of para-hydroxylation sites is 1. The molecule has 1 saturated heterocycles. The molecule has 38 heavy (non-hydrogen) atoms. The number of aromatic nitrogens is 2. The quantitative estimate of drug-likeness (QED) is 0.259. The molecule has 0 radical (unpaired) electrons. The lowest BCUT2D eigenvalue weighted by Crippen LogP contribution is -2.34. The molecular formula is C32H40N4O2. The van der Waals surface area contributed by atoms with Gasteiger partial charge < -0.3 is 19.3 Å². The fourth-order valence-corrected chi connectivity index (χ4v) is 5.06. The first-order chi connectivity index (χ1) is 18.7. The summed E-state index contributed by atoms with van der Waals surface area (Å²) < 4.78 is 10.9. The summed E-state index contributed by atoms with van der Waals surface area (Å²) in [5.74, 6) is 3.25. The van der Waals surface area contributed by atoms with Gasteiger partial charge >= 0.3 is 0 Å². The second-order valence-electron chi connectivity index (χ2n) is 9.36. The molecule has 0 spiro atoms. The summed E-state index contributed by atoms with van der Waals surface area (Å²) in [6, 6.07) is 25.1. The minimum atomic E-state index is 0.481. The third-order valence-electron chi connectivity index (χ3n) is 7.14. The van der Waals surface area contributed by atoms with Crippen LogP contribution in [0.25, 0.3) is 22.3 Å². The number of anilines is 2. The highest BCUT2D eigenvalue weighted by molar-refractivity contribution is 5.93. The molecule has 2 heterocycles. The monoisotopic (exact) mass is 512 g/mol. The molecule has 1 aliphatic heterocycles. The number of nitrogens with zero attached hydrogens (tertiary/aromatic N) is 4. The molecule has 1 fully saturated rings. The molecule has 0 saturated carbocycles. The maximum absolute atomic E-state index is 5.65. The van der Waals surface area contributed by atoms with E-state index in [0.717, 1.165) is 72.0 Å². The van der Waals surface area contributed by atoms with Crippen LogP contribution in [0.5, 0.6) is 5.75 Å². The van der Waals surface area contributed by atoms with E-state index < -0.39 is 0 Å². The maximum Gasteiger partial charge on any atom is 0.162 e. The largest absolute Gasteiger partial charge is 0.496 e. The normalized spacial score (nSPS) is 13.7. The van der Waals surface area contributed by atoms with E-state index in [1.807, 2.05) is 38.1 Å². The zero-order chi connectivity index (χ0) is 26.9. The molecule has 0 unspecified atom stereocenters. The second kappa shape index (κ2) is 13.2. The number of rotatable bonds is 8. The van der Waals surface area contributed by atoms with Crippen LogP contribution in [-0.4, -0.2) is 57.5 Å². The Bertz CT molecular complexity index is 1300. The first-order valence-corrected chi connectivity index (χ1v) is 13.6. The Hall–Kier alpha value is -3.64. The topological polar surface area (TPSA) is 50.7 Å². The molecule has 6 nitrogen and oxygen atoms in total. The van der Waals surface area contributed by atoms with Gasteiger partial charge in [-0.1, -0.05) is 62.4 Å². The number of methoxy groups -OCH3 is 2. The number of likely N-dealkylation sites (N-methyl/N-ethyl adjacent to an activating group) is 1. The molecule has 0 bridgehead atoms. The van der Waals surface area contributed by atoms with Crippen LogP contribution in [0.3, 0.4) is 0 Å². The van der Waals surface area contributed by atoms with Crippen LogP contribution in [0.1, 0.15) is 38.2 Å². The molecule has 200 valence electrons. The standard InChI is InChI=1S/C30H34N4O2.C2H6/c1-33(19-20-35-2)24-13-14-27-26(21-24)30(32-29(31-27)23-9-5-4-6-10-23)34-17-15-22(16-18-34)25-11-7-8-12-28(25)36-3;1-2/h4-14,21-22H,15-20H2,1-3H3;1-2H3. The first-order valence-electron chi connectivity index (χ1n) is 13.6. The Morgan fingerprint density at radius 1 is 0.895 bits per heavy atom. The first kappa shape index (κ1) is 27.4. The van der Waals surface area contributed by atoms with Gasteiger partial charge in [0.1, 0.15) is 11.6 Å². The number of piperidine rings is 1. The molecule has 0 atom stereocenters. The summed E-state index contributed by atoms with van der Waals surface area (Å²) in [5.41, 5.74) is 4.44. The van der Waals surface area contributed by atoms with Gasteiger partial charge in [-0.25, -0.2) is 9.97 Å². The Balaban J connectivity index is 0.00000164. The summed E-state index contributed by atoms with van der Waals surface area (Å²) in [6.45, 7) is 7.38. The lowest BCUT2D eigenvalue weighted by molar-refractivity contribution is 0.206. The van der Waals surface area contributed by atoms with E-state index in [1.165, 1.54) is 5.56 Å². The van der Waals surface area contributed by atoms with Crippen LogP contribution in [0.15, 0.2) is 72.8 Å². The average Bonchev–Trinajstić information content (AvgIpc) is 3.00. The van der Waals surface area contributed by atoms with E-state index in [2.05, 4.69) is 65.4 Å². The van der Waals surface area contributed by atoms with E-state index >= 15 is 0 Å². The molecular weight excluding hydrogens is 472 g/mol. The van der Waals surface area contributed by atoms with Gasteiger partial charge in [-0.15, -0.1) is 0 Å². The number of fused-ring (bicyclic) bond motifs is 1. The molecule has 3 aromatic carbocycles.